The van der Waals surface area contributed by atoms with Gasteiger partial charge in [0.15, 0.2) is 5.13 Å². The van der Waals surface area contributed by atoms with Gasteiger partial charge in [-0.25, -0.2) is 9.97 Å². The fourth-order valence-electron chi connectivity index (χ4n) is 1.28. The minimum Gasteiger partial charge on any atom is -0.297 e. The van der Waals surface area contributed by atoms with Crippen LogP contribution in [0.15, 0.2) is 10.9 Å². The predicted molar refractivity (Wildman–Crippen MR) is 71.0 cm³/mol. The summed E-state index contributed by atoms with van der Waals surface area (Å²) in [7, 11) is 0. The molecule has 1 amide bonds. The molecule has 2 aromatic heterocycles. The van der Waals surface area contributed by atoms with E-state index in [2.05, 4.69) is 29.1 Å². The van der Waals surface area contributed by atoms with Crippen LogP contribution in [0.1, 0.15) is 40.8 Å². The number of carbonyl (C=O) groups excluding carboxylic acids is 1. The van der Waals surface area contributed by atoms with Gasteiger partial charge < -0.3 is 0 Å². The van der Waals surface area contributed by atoms with Crippen LogP contribution in [0.5, 0.6) is 0 Å². The second kappa shape index (κ2) is 4.93. The summed E-state index contributed by atoms with van der Waals surface area (Å²) in [5.74, 6) is 0.247. The van der Waals surface area contributed by atoms with Crippen molar-refractivity contribution < 1.29 is 4.79 Å². The van der Waals surface area contributed by atoms with E-state index in [0.717, 1.165) is 11.4 Å². The summed E-state index contributed by atoms with van der Waals surface area (Å²) < 4.78 is 0. The van der Waals surface area contributed by atoms with Gasteiger partial charge in [0.25, 0.3) is 5.91 Å². The van der Waals surface area contributed by atoms with E-state index in [1.54, 1.807) is 5.51 Å². The molecule has 0 aromatic carbocycles. The molecule has 0 aliphatic carbocycles. The van der Waals surface area contributed by atoms with Gasteiger partial charge in [0.1, 0.15) is 4.88 Å². The third-order valence-corrected chi connectivity index (χ3v) is 3.99. The number of anilines is 1. The first-order valence-electron chi connectivity index (χ1n) is 5.24. The molecule has 0 aliphatic heterocycles. The zero-order valence-electron chi connectivity index (χ0n) is 9.85. The van der Waals surface area contributed by atoms with Crippen LogP contribution in [0, 0.1) is 6.92 Å². The highest BCUT2D eigenvalue weighted by Gasteiger charge is 2.14. The molecule has 0 radical (unpaired) electrons. The Morgan fingerprint density at radius 2 is 2.18 bits per heavy atom. The number of thiazole rings is 2. The largest absolute Gasteiger partial charge is 0.297 e. The molecule has 17 heavy (non-hydrogen) atoms. The lowest BCUT2D eigenvalue weighted by Crippen LogP contribution is -2.11. The third-order valence-electron chi connectivity index (χ3n) is 2.29. The van der Waals surface area contributed by atoms with E-state index in [9.17, 15) is 4.79 Å². The molecule has 0 saturated heterocycles. The maximum Gasteiger partial charge on any atom is 0.269 e. The molecule has 0 fully saturated rings. The molecule has 1 N–H and O–H groups in total. The average molecular weight is 267 g/mol. The van der Waals surface area contributed by atoms with Crippen molar-refractivity contribution in [2.45, 2.75) is 26.7 Å². The molecule has 2 aromatic rings. The molecule has 0 atom stereocenters. The second-order valence-corrected chi connectivity index (χ2v) is 5.67. The third kappa shape index (κ3) is 2.70. The first-order valence-corrected chi connectivity index (χ1v) is 7.00. The first kappa shape index (κ1) is 12.2. The first-order chi connectivity index (χ1) is 8.08. The zero-order chi connectivity index (χ0) is 12.4. The van der Waals surface area contributed by atoms with Gasteiger partial charge in [0, 0.05) is 5.38 Å². The molecular formula is C11H13N3OS2. The number of hydrogen-bond acceptors (Lipinski definition) is 5. The molecule has 0 spiro atoms. The lowest BCUT2D eigenvalue weighted by atomic mass is 10.2. The van der Waals surface area contributed by atoms with Crippen LogP contribution in [-0.2, 0) is 0 Å². The van der Waals surface area contributed by atoms with Gasteiger partial charge >= 0.3 is 0 Å². The number of hydrogen-bond donors (Lipinski definition) is 1. The summed E-state index contributed by atoms with van der Waals surface area (Å²) in [6.07, 6.45) is 0. The summed E-state index contributed by atoms with van der Waals surface area (Å²) in [5, 5.41) is 5.42. The fraction of sp³-hybridized carbons (Fsp3) is 0.364. The molecule has 0 aliphatic rings. The Labute approximate surface area is 108 Å². The van der Waals surface area contributed by atoms with Crippen molar-refractivity contribution in [1.82, 2.24) is 9.97 Å². The van der Waals surface area contributed by atoms with Gasteiger partial charge in [-0.3, -0.25) is 10.1 Å². The quantitative estimate of drug-likeness (QED) is 0.928. The Bertz CT molecular complexity index is 530. The van der Waals surface area contributed by atoms with Crippen LogP contribution >= 0.6 is 22.7 Å². The van der Waals surface area contributed by atoms with Gasteiger partial charge in [-0.1, -0.05) is 13.8 Å². The highest BCUT2D eigenvalue weighted by Crippen LogP contribution is 2.22. The fourth-order valence-corrected chi connectivity index (χ4v) is 2.85. The Balaban J connectivity index is 2.11. The second-order valence-electron chi connectivity index (χ2n) is 3.95. The van der Waals surface area contributed by atoms with Crippen molar-refractivity contribution in [3.63, 3.8) is 0 Å². The normalized spacial score (nSPS) is 10.8. The van der Waals surface area contributed by atoms with Crippen molar-refractivity contribution in [2.75, 3.05) is 5.32 Å². The molecule has 4 nitrogen and oxygen atoms in total. The predicted octanol–water partition coefficient (Wildman–Crippen LogP) is 3.28. The van der Waals surface area contributed by atoms with E-state index >= 15 is 0 Å². The Hall–Kier alpha value is -1.27. The molecule has 0 unspecified atom stereocenters. The maximum atomic E-state index is 11.9. The molecule has 0 saturated carbocycles. The van der Waals surface area contributed by atoms with E-state index in [1.165, 1.54) is 22.7 Å². The van der Waals surface area contributed by atoms with E-state index in [1.807, 2.05) is 12.3 Å². The molecule has 2 rings (SSSR count). The van der Waals surface area contributed by atoms with Crippen molar-refractivity contribution in [1.29, 1.82) is 0 Å². The van der Waals surface area contributed by atoms with Crippen molar-refractivity contribution in [2.24, 2.45) is 0 Å². The summed E-state index contributed by atoms with van der Waals surface area (Å²) in [4.78, 5) is 21.0. The minimum atomic E-state index is -0.130. The average Bonchev–Trinajstić information content (AvgIpc) is 2.86. The standard InChI is InChI=1S/C11H13N3OS2/c1-6(2)8-4-16-11(13-8)14-10(15)9-7(3)12-5-17-9/h4-6H,1-3H3,(H,13,14,15). The maximum absolute atomic E-state index is 11.9. The van der Waals surface area contributed by atoms with Crippen LogP contribution in [0.25, 0.3) is 0 Å². The summed E-state index contributed by atoms with van der Waals surface area (Å²) in [6, 6.07) is 0. The Morgan fingerprint density at radius 1 is 1.41 bits per heavy atom. The summed E-state index contributed by atoms with van der Waals surface area (Å²) in [5.41, 5.74) is 3.44. The lowest BCUT2D eigenvalue weighted by molar-refractivity contribution is 0.103. The number of amides is 1. The van der Waals surface area contributed by atoms with Crippen LogP contribution < -0.4 is 5.32 Å². The van der Waals surface area contributed by atoms with Crippen LogP contribution in [0.4, 0.5) is 5.13 Å². The Kier molecular flexibility index (Phi) is 3.54. The van der Waals surface area contributed by atoms with Crippen LogP contribution in [-0.4, -0.2) is 15.9 Å². The molecule has 6 heteroatoms. The van der Waals surface area contributed by atoms with Crippen LogP contribution in [0.3, 0.4) is 0 Å². The molecule has 2 heterocycles. The van der Waals surface area contributed by atoms with Gasteiger partial charge in [-0.05, 0) is 12.8 Å². The number of nitrogens with one attached hydrogen (secondary N) is 1. The molecular weight excluding hydrogens is 254 g/mol. The number of rotatable bonds is 3. The van der Waals surface area contributed by atoms with E-state index in [-0.39, 0.29) is 5.91 Å². The van der Waals surface area contributed by atoms with Gasteiger partial charge in [0.2, 0.25) is 0 Å². The topological polar surface area (TPSA) is 54.9 Å². The van der Waals surface area contributed by atoms with E-state index < -0.39 is 0 Å². The minimum absolute atomic E-state index is 0.130. The van der Waals surface area contributed by atoms with Crippen molar-refractivity contribution in [3.05, 3.63) is 27.2 Å². The summed E-state index contributed by atoms with van der Waals surface area (Å²) >= 11 is 2.79. The number of aryl methyl sites for hydroxylation is 1. The van der Waals surface area contributed by atoms with Gasteiger partial charge in [-0.2, -0.15) is 0 Å². The van der Waals surface area contributed by atoms with Crippen LogP contribution in [0.2, 0.25) is 0 Å². The number of nitrogens with zero attached hydrogens (tertiary/aromatic N) is 2. The molecule has 90 valence electrons. The summed E-state index contributed by atoms with van der Waals surface area (Å²) in [6.45, 7) is 5.98. The number of aromatic nitrogens is 2. The lowest BCUT2D eigenvalue weighted by Gasteiger charge is -2.00. The van der Waals surface area contributed by atoms with Gasteiger partial charge in [-0.15, -0.1) is 22.7 Å². The van der Waals surface area contributed by atoms with E-state index in [0.29, 0.717) is 15.9 Å². The smallest absolute Gasteiger partial charge is 0.269 e. The zero-order valence-corrected chi connectivity index (χ0v) is 11.5. The number of carbonyl (C=O) groups is 1. The Morgan fingerprint density at radius 3 is 2.71 bits per heavy atom. The monoisotopic (exact) mass is 267 g/mol. The van der Waals surface area contributed by atoms with E-state index in [4.69, 9.17) is 0 Å². The highest BCUT2D eigenvalue weighted by molar-refractivity contribution is 7.14. The van der Waals surface area contributed by atoms with Crippen molar-refractivity contribution in [3.8, 4) is 0 Å². The van der Waals surface area contributed by atoms with Crippen molar-refractivity contribution >= 4 is 33.7 Å². The molecule has 0 bridgehead atoms. The van der Waals surface area contributed by atoms with Gasteiger partial charge in [0.05, 0.1) is 16.9 Å². The SMILES string of the molecule is Cc1ncsc1C(=O)Nc1nc(C(C)C)cs1. The highest BCUT2D eigenvalue weighted by atomic mass is 32.1.